The summed E-state index contributed by atoms with van der Waals surface area (Å²) in [4.78, 5) is 4.28. The standard InChI is InChI=1S/C15H17N3O/c1-10-7-15(17-9-13(10)16)18-12-4-5-14-11(8-12)3-2-6-19-14/h4-5,7-9H,2-3,6,16H2,1H3,(H,17,18). The number of aryl methyl sites for hydroxylation is 2. The van der Waals surface area contributed by atoms with E-state index in [4.69, 9.17) is 10.5 Å². The molecule has 0 radical (unpaired) electrons. The van der Waals surface area contributed by atoms with Gasteiger partial charge in [0, 0.05) is 5.69 Å². The zero-order chi connectivity index (χ0) is 13.2. The molecular weight excluding hydrogens is 238 g/mol. The van der Waals surface area contributed by atoms with E-state index in [1.807, 2.05) is 25.1 Å². The minimum absolute atomic E-state index is 0.712. The number of aromatic nitrogens is 1. The molecule has 0 saturated carbocycles. The van der Waals surface area contributed by atoms with Crippen LogP contribution in [0.5, 0.6) is 5.75 Å². The molecule has 1 aliphatic heterocycles. The molecule has 1 aromatic carbocycles. The SMILES string of the molecule is Cc1cc(Nc2ccc3c(c2)CCCO3)ncc1N. The van der Waals surface area contributed by atoms with Crippen molar-refractivity contribution in [3.05, 3.63) is 41.6 Å². The smallest absolute Gasteiger partial charge is 0.130 e. The first-order chi connectivity index (χ1) is 9.22. The molecule has 2 aromatic rings. The molecule has 0 saturated heterocycles. The molecule has 0 fully saturated rings. The Morgan fingerprint density at radius 3 is 3.05 bits per heavy atom. The van der Waals surface area contributed by atoms with Gasteiger partial charge in [-0.1, -0.05) is 0 Å². The van der Waals surface area contributed by atoms with Gasteiger partial charge in [0.05, 0.1) is 18.5 Å². The maximum atomic E-state index is 5.77. The van der Waals surface area contributed by atoms with Gasteiger partial charge in [-0.05, 0) is 55.2 Å². The third kappa shape index (κ3) is 2.47. The molecule has 1 aliphatic rings. The van der Waals surface area contributed by atoms with E-state index in [0.717, 1.165) is 42.3 Å². The molecule has 3 N–H and O–H groups in total. The van der Waals surface area contributed by atoms with E-state index in [0.29, 0.717) is 5.69 Å². The lowest BCUT2D eigenvalue weighted by Gasteiger charge is -2.18. The number of ether oxygens (including phenoxy) is 1. The zero-order valence-corrected chi connectivity index (χ0v) is 10.9. The summed E-state index contributed by atoms with van der Waals surface area (Å²) in [6.45, 7) is 2.79. The highest BCUT2D eigenvalue weighted by atomic mass is 16.5. The van der Waals surface area contributed by atoms with Crippen LogP contribution in [0.25, 0.3) is 0 Å². The minimum atomic E-state index is 0.712. The fourth-order valence-electron chi connectivity index (χ4n) is 2.22. The van der Waals surface area contributed by atoms with Crippen molar-refractivity contribution in [1.82, 2.24) is 4.98 Å². The first-order valence-electron chi connectivity index (χ1n) is 6.47. The Bertz CT molecular complexity index is 610. The predicted octanol–water partition coefficient (Wildman–Crippen LogP) is 3.04. The van der Waals surface area contributed by atoms with Crippen LogP contribution in [0.15, 0.2) is 30.5 Å². The summed E-state index contributed by atoms with van der Waals surface area (Å²) in [5.74, 6) is 1.81. The van der Waals surface area contributed by atoms with Crippen LogP contribution in [0, 0.1) is 6.92 Å². The summed E-state index contributed by atoms with van der Waals surface area (Å²) in [5.41, 5.74) is 9.79. The van der Waals surface area contributed by atoms with Gasteiger partial charge in [0.1, 0.15) is 11.6 Å². The Labute approximate surface area is 112 Å². The van der Waals surface area contributed by atoms with Crippen molar-refractivity contribution in [3.63, 3.8) is 0 Å². The number of benzene rings is 1. The van der Waals surface area contributed by atoms with Gasteiger partial charge in [-0.15, -0.1) is 0 Å². The molecular formula is C15H17N3O. The zero-order valence-electron chi connectivity index (χ0n) is 10.9. The molecule has 2 heterocycles. The van der Waals surface area contributed by atoms with Crippen LogP contribution in [0.1, 0.15) is 17.5 Å². The summed E-state index contributed by atoms with van der Waals surface area (Å²) >= 11 is 0. The molecule has 1 aromatic heterocycles. The van der Waals surface area contributed by atoms with E-state index in [-0.39, 0.29) is 0 Å². The fraction of sp³-hybridized carbons (Fsp3) is 0.267. The molecule has 19 heavy (non-hydrogen) atoms. The maximum Gasteiger partial charge on any atom is 0.130 e. The second-order valence-electron chi connectivity index (χ2n) is 4.83. The molecule has 0 spiro atoms. The summed E-state index contributed by atoms with van der Waals surface area (Å²) < 4.78 is 5.60. The number of fused-ring (bicyclic) bond motifs is 1. The number of nitrogens with two attached hydrogens (primary N) is 1. The molecule has 98 valence electrons. The lowest BCUT2D eigenvalue weighted by Crippen LogP contribution is -2.08. The predicted molar refractivity (Wildman–Crippen MR) is 76.9 cm³/mol. The second-order valence-corrected chi connectivity index (χ2v) is 4.83. The van der Waals surface area contributed by atoms with Crippen LogP contribution in [-0.2, 0) is 6.42 Å². The number of nitrogen functional groups attached to an aromatic ring is 1. The number of hydrogen-bond donors (Lipinski definition) is 2. The van der Waals surface area contributed by atoms with E-state index >= 15 is 0 Å². The highest BCUT2D eigenvalue weighted by Crippen LogP contribution is 2.28. The van der Waals surface area contributed by atoms with Gasteiger partial charge in [0.15, 0.2) is 0 Å². The highest BCUT2D eigenvalue weighted by molar-refractivity contribution is 5.62. The largest absolute Gasteiger partial charge is 0.493 e. The molecule has 4 heteroatoms. The Balaban J connectivity index is 1.84. The summed E-state index contributed by atoms with van der Waals surface area (Å²) in [7, 11) is 0. The van der Waals surface area contributed by atoms with E-state index in [2.05, 4.69) is 16.4 Å². The van der Waals surface area contributed by atoms with Gasteiger partial charge in [-0.2, -0.15) is 0 Å². The van der Waals surface area contributed by atoms with Crippen LogP contribution in [0.2, 0.25) is 0 Å². The van der Waals surface area contributed by atoms with Crippen LogP contribution in [-0.4, -0.2) is 11.6 Å². The monoisotopic (exact) mass is 255 g/mol. The molecule has 0 amide bonds. The third-order valence-corrected chi connectivity index (χ3v) is 3.33. The normalized spacial score (nSPS) is 13.5. The molecule has 0 unspecified atom stereocenters. The van der Waals surface area contributed by atoms with Crippen molar-refractivity contribution in [2.75, 3.05) is 17.7 Å². The highest BCUT2D eigenvalue weighted by Gasteiger charge is 2.10. The van der Waals surface area contributed by atoms with Gasteiger partial charge < -0.3 is 15.8 Å². The quantitative estimate of drug-likeness (QED) is 0.866. The Morgan fingerprint density at radius 2 is 2.21 bits per heavy atom. The van der Waals surface area contributed by atoms with Crippen molar-refractivity contribution in [3.8, 4) is 5.75 Å². The topological polar surface area (TPSA) is 60.2 Å². The molecule has 3 rings (SSSR count). The maximum absolute atomic E-state index is 5.77. The van der Waals surface area contributed by atoms with Crippen molar-refractivity contribution in [2.45, 2.75) is 19.8 Å². The number of nitrogens with zero attached hydrogens (tertiary/aromatic N) is 1. The van der Waals surface area contributed by atoms with E-state index in [1.54, 1.807) is 6.20 Å². The lowest BCUT2D eigenvalue weighted by atomic mass is 10.1. The van der Waals surface area contributed by atoms with E-state index < -0.39 is 0 Å². The second kappa shape index (κ2) is 4.80. The van der Waals surface area contributed by atoms with E-state index in [9.17, 15) is 0 Å². The first-order valence-corrected chi connectivity index (χ1v) is 6.47. The van der Waals surface area contributed by atoms with Crippen LogP contribution >= 0.6 is 0 Å². The van der Waals surface area contributed by atoms with Crippen LogP contribution in [0.3, 0.4) is 0 Å². The van der Waals surface area contributed by atoms with E-state index in [1.165, 1.54) is 5.56 Å². The number of nitrogens with one attached hydrogen (secondary N) is 1. The fourth-order valence-corrected chi connectivity index (χ4v) is 2.22. The van der Waals surface area contributed by atoms with Crippen molar-refractivity contribution in [1.29, 1.82) is 0 Å². The van der Waals surface area contributed by atoms with Crippen molar-refractivity contribution < 1.29 is 4.74 Å². The van der Waals surface area contributed by atoms with Crippen LogP contribution < -0.4 is 15.8 Å². The Morgan fingerprint density at radius 1 is 1.32 bits per heavy atom. The van der Waals surface area contributed by atoms with Gasteiger partial charge in [0.25, 0.3) is 0 Å². The number of hydrogen-bond acceptors (Lipinski definition) is 4. The van der Waals surface area contributed by atoms with Crippen LogP contribution in [0.4, 0.5) is 17.2 Å². The van der Waals surface area contributed by atoms with Crippen molar-refractivity contribution >= 4 is 17.2 Å². The molecule has 0 atom stereocenters. The third-order valence-electron chi connectivity index (χ3n) is 3.33. The Kier molecular flexibility index (Phi) is 2.99. The summed E-state index contributed by atoms with van der Waals surface area (Å²) in [5, 5.41) is 3.30. The number of rotatable bonds is 2. The summed E-state index contributed by atoms with van der Waals surface area (Å²) in [6, 6.07) is 8.10. The van der Waals surface area contributed by atoms with Gasteiger partial charge in [-0.3, -0.25) is 0 Å². The number of pyridine rings is 1. The minimum Gasteiger partial charge on any atom is -0.493 e. The van der Waals surface area contributed by atoms with Gasteiger partial charge >= 0.3 is 0 Å². The Hall–Kier alpha value is -2.23. The van der Waals surface area contributed by atoms with Gasteiger partial charge in [0.2, 0.25) is 0 Å². The van der Waals surface area contributed by atoms with Crippen molar-refractivity contribution in [2.24, 2.45) is 0 Å². The number of anilines is 3. The average Bonchev–Trinajstić information content (AvgIpc) is 2.43. The molecule has 0 aliphatic carbocycles. The lowest BCUT2D eigenvalue weighted by molar-refractivity contribution is 0.288. The van der Waals surface area contributed by atoms with Gasteiger partial charge in [-0.25, -0.2) is 4.98 Å². The average molecular weight is 255 g/mol. The first kappa shape index (κ1) is 11.8. The summed E-state index contributed by atoms with van der Waals surface area (Å²) in [6.07, 6.45) is 3.83. The molecule has 0 bridgehead atoms. The molecule has 4 nitrogen and oxygen atoms in total.